The van der Waals surface area contributed by atoms with Crippen LogP contribution in [-0.4, -0.2) is 60.0 Å². The zero-order valence-electron chi connectivity index (χ0n) is 19.3. The lowest BCUT2D eigenvalue weighted by Crippen LogP contribution is -2.13. The molecular formula is C27H34FNO4. The molecule has 1 N–H and O–H groups in total. The number of benzene rings is 2. The molecule has 6 heteroatoms. The van der Waals surface area contributed by atoms with E-state index in [-0.39, 0.29) is 6.61 Å². The maximum atomic E-state index is 11.8. The number of halogens is 1. The lowest BCUT2D eigenvalue weighted by molar-refractivity contribution is 0.00750. The van der Waals surface area contributed by atoms with Crippen LogP contribution in [0.1, 0.15) is 11.1 Å². The summed E-state index contributed by atoms with van der Waals surface area (Å²) in [5.74, 6) is 0.805. The van der Waals surface area contributed by atoms with Gasteiger partial charge in [0.15, 0.2) is 0 Å². The molecule has 2 aromatic rings. The lowest BCUT2D eigenvalue weighted by Gasteiger charge is -2.08. The van der Waals surface area contributed by atoms with Gasteiger partial charge in [0.1, 0.15) is 19.0 Å². The van der Waals surface area contributed by atoms with E-state index in [2.05, 4.69) is 35.7 Å². The van der Waals surface area contributed by atoms with Crippen LogP contribution in [0.25, 0.3) is 12.2 Å². The molecule has 0 aliphatic carbocycles. The van der Waals surface area contributed by atoms with E-state index in [0.717, 1.165) is 22.6 Å². The Morgan fingerprint density at radius 2 is 1.12 bits per heavy atom. The van der Waals surface area contributed by atoms with Crippen molar-refractivity contribution >= 4 is 17.8 Å². The largest absolute Gasteiger partial charge is 0.491 e. The second-order valence-corrected chi connectivity index (χ2v) is 6.92. The molecule has 0 bridgehead atoms. The topological polar surface area (TPSA) is 49.0 Å². The molecule has 0 unspecified atom stereocenters. The molecule has 0 aliphatic heterocycles. The monoisotopic (exact) mass is 455 g/mol. The summed E-state index contributed by atoms with van der Waals surface area (Å²) in [6.45, 7) is 2.43. The number of rotatable bonds is 17. The minimum Gasteiger partial charge on any atom is -0.491 e. The minimum atomic E-state index is -0.467. The summed E-state index contributed by atoms with van der Waals surface area (Å²) in [6, 6.07) is 16.2. The normalized spacial score (nSPS) is 11.7. The fourth-order valence-electron chi connectivity index (χ4n) is 2.71. The van der Waals surface area contributed by atoms with E-state index in [4.69, 9.17) is 18.9 Å². The van der Waals surface area contributed by atoms with Gasteiger partial charge in [0.25, 0.3) is 0 Å². The van der Waals surface area contributed by atoms with Crippen molar-refractivity contribution < 1.29 is 23.3 Å². The molecule has 178 valence electrons. The molecule has 0 radical (unpaired) electrons. The van der Waals surface area contributed by atoms with Gasteiger partial charge in [0, 0.05) is 12.7 Å². The molecule has 2 aromatic carbocycles. The number of allylic oxidation sites excluding steroid dienone is 4. The summed E-state index contributed by atoms with van der Waals surface area (Å²) < 4.78 is 33.2. The van der Waals surface area contributed by atoms with Gasteiger partial charge in [-0.25, -0.2) is 4.39 Å². The van der Waals surface area contributed by atoms with Gasteiger partial charge in [-0.1, -0.05) is 60.7 Å². The van der Waals surface area contributed by atoms with Crippen LogP contribution >= 0.6 is 0 Å². The Balaban J connectivity index is 1.55. The van der Waals surface area contributed by atoms with E-state index < -0.39 is 6.67 Å². The van der Waals surface area contributed by atoms with Crippen LogP contribution in [0.2, 0.25) is 0 Å². The maximum absolute atomic E-state index is 11.8. The van der Waals surface area contributed by atoms with Gasteiger partial charge in [-0.2, -0.15) is 0 Å². The molecule has 33 heavy (non-hydrogen) atoms. The van der Waals surface area contributed by atoms with Crippen LogP contribution in [0.15, 0.2) is 72.8 Å². The third kappa shape index (κ3) is 12.6. The lowest BCUT2D eigenvalue weighted by atomic mass is 10.2. The second kappa shape index (κ2) is 17.6. The quantitative estimate of drug-likeness (QED) is 0.255. The number of hydrogen-bond donors (Lipinski definition) is 1. The van der Waals surface area contributed by atoms with E-state index in [1.807, 2.05) is 61.7 Å². The molecule has 0 saturated heterocycles. The molecule has 0 atom stereocenters. The first-order valence-electron chi connectivity index (χ1n) is 11.1. The van der Waals surface area contributed by atoms with Gasteiger partial charge in [0.05, 0.1) is 39.6 Å². The molecule has 0 heterocycles. The molecule has 0 amide bonds. The van der Waals surface area contributed by atoms with Crippen LogP contribution in [0, 0.1) is 0 Å². The first-order valence-corrected chi connectivity index (χ1v) is 11.1. The zero-order chi connectivity index (χ0) is 23.4. The van der Waals surface area contributed by atoms with Crippen LogP contribution in [0.4, 0.5) is 10.1 Å². The van der Waals surface area contributed by atoms with E-state index in [1.165, 1.54) is 0 Å². The van der Waals surface area contributed by atoms with Crippen LogP contribution in [-0.2, 0) is 14.2 Å². The van der Waals surface area contributed by atoms with Crippen LogP contribution < -0.4 is 10.1 Å². The number of hydrogen-bond acceptors (Lipinski definition) is 5. The summed E-state index contributed by atoms with van der Waals surface area (Å²) in [6.07, 6.45) is 12.1. The van der Waals surface area contributed by atoms with Crippen molar-refractivity contribution in [2.75, 3.05) is 65.3 Å². The highest BCUT2D eigenvalue weighted by molar-refractivity contribution is 5.56. The van der Waals surface area contributed by atoms with Crippen molar-refractivity contribution in [2.24, 2.45) is 0 Å². The Labute approximate surface area is 196 Å². The number of alkyl halides is 1. The van der Waals surface area contributed by atoms with Gasteiger partial charge < -0.3 is 24.3 Å². The molecule has 0 fully saturated rings. The van der Waals surface area contributed by atoms with Gasteiger partial charge in [0.2, 0.25) is 0 Å². The third-order valence-corrected chi connectivity index (χ3v) is 4.45. The van der Waals surface area contributed by atoms with Crippen LogP contribution in [0.3, 0.4) is 0 Å². The molecule has 5 nitrogen and oxygen atoms in total. The summed E-state index contributed by atoms with van der Waals surface area (Å²) in [5, 5.41) is 3.11. The van der Waals surface area contributed by atoms with Crippen molar-refractivity contribution in [2.45, 2.75) is 0 Å². The Morgan fingerprint density at radius 3 is 1.64 bits per heavy atom. The van der Waals surface area contributed by atoms with Crippen molar-refractivity contribution in [3.63, 3.8) is 0 Å². The number of anilines is 1. The van der Waals surface area contributed by atoms with Crippen molar-refractivity contribution in [3.05, 3.63) is 84.0 Å². The van der Waals surface area contributed by atoms with Crippen LogP contribution in [0.5, 0.6) is 5.75 Å². The highest BCUT2D eigenvalue weighted by Gasteiger charge is 1.95. The highest BCUT2D eigenvalue weighted by atomic mass is 19.1. The average Bonchev–Trinajstić information content (AvgIpc) is 2.86. The molecule has 0 aromatic heterocycles. The Kier molecular flexibility index (Phi) is 14.0. The summed E-state index contributed by atoms with van der Waals surface area (Å²) in [7, 11) is 1.91. The smallest absolute Gasteiger partial charge is 0.119 e. The fourth-order valence-corrected chi connectivity index (χ4v) is 2.71. The van der Waals surface area contributed by atoms with Crippen molar-refractivity contribution in [1.82, 2.24) is 0 Å². The molecule has 0 spiro atoms. The Hall–Kier alpha value is -2.93. The van der Waals surface area contributed by atoms with E-state index in [1.54, 1.807) is 0 Å². The van der Waals surface area contributed by atoms with Crippen molar-refractivity contribution in [1.29, 1.82) is 0 Å². The Morgan fingerprint density at radius 1 is 0.636 bits per heavy atom. The molecule has 0 saturated carbocycles. The van der Waals surface area contributed by atoms with Gasteiger partial charge in [-0.05, 0) is 35.4 Å². The number of ether oxygens (including phenoxy) is 4. The first kappa shape index (κ1) is 26.3. The van der Waals surface area contributed by atoms with Crippen molar-refractivity contribution in [3.8, 4) is 5.75 Å². The minimum absolute atomic E-state index is 0.122. The Bertz CT molecular complexity index is 832. The standard InChI is InChI=1S/C27H34FNO4/c1-29-26-12-8-24(9-13-26)6-4-2-3-5-7-25-10-14-27(15-11-25)33-23-22-32-21-20-31-19-18-30-17-16-28/h2-15,29H,16-23H2,1H3/b3-2+,6-4+,7-5+. The molecule has 0 aliphatic rings. The predicted octanol–water partition coefficient (Wildman–Crippen LogP) is 5.41. The second-order valence-electron chi connectivity index (χ2n) is 6.92. The third-order valence-electron chi connectivity index (χ3n) is 4.45. The molecular weight excluding hydrogens is 421 g/mol. The zero-order valence-corrected chi connectivity index (χ0v) is 19.3. The maximum Gasteiger partial charge on any atom is 0.119 e. The van der Waals surface area contributed by atoms with Gasteiger partial charge in [-0.15, -0.1) is 0 Å². The average molecular weight is 456 g/mol. The fraction of sp³-hybridized carbons (Fsp3) is 0.333. The highest BCUT2D eigenvalue weighted by Crippen LogP contribution is 2.13. The summed E-state index contributed by atoms with van der Waals surface area (Å²) >= 11 is 0. The first-order chi connectivity index (χ1) is 16.3. The summed E-state index contributed by atoms with van der Waals surface area (Å²) in [5.41, 5.74) is 3.36. The van der Waals surface area contributed by atoms with E-state index in [0.29, 0.717) is 39.6 Å². The number of nitrogens with one attached hydrogen (secondary N) is 1. The summed E-state index contributed by atoms with van der Waals surface area (Å²) in [4.78, 5) is 0. The molecule has 2 rings (SSSR count). The van der Waals surface area contributed by atoms with Gasteiger partial charge in [-0.3, -0.25) is 0 Å². The van der Waals surface area contributed by atoms with E-state index in [9.17, 15) is 4.39 Å². The van der Waals surface area contributed by atoms with E-state index >= 15 is 0 Å². The predicted molar refractivity (Wildman–Crippen MR) is 134 cm³/mol. The van der Waals surface area contributed by atoms with Gasteiger partial charge >= 0.3 is 0 Å². The SMILES string of the molecule is CNc1ccc(/C=C/C=C/C=C/c2ccc(OCCOCCOCCOCCF)cc2)cc1.